The van der Waals surface area contributed by atoms with Crippen molar-refractivity contribution in [2.24, 2.45) is 5.73 Å². The zero-order valence-electron chi connectivity index (χ0n) is 22.1. The molecule has 0 saturated carbocycles. The van der Waals surface area contributed by atoms with Crippen LogP contribution in [0, 0.1) is 24.7 Å². The molecule has 0 saturated heterocycles. The summed E-state index contributed by atoms with van der Waals surface area (Å²) >= 11 is 0. The van der Waals surface area contributed by atoms with Crippen molar-refractivity contribution in [2.45, 2.75) is 50.5 Å². The van der Waals surface area contributed by atoms with Crippen LogP contribution in [0.2, 0.25) is 0 Å². The first kappa shape index (κ1) is 34.3. The number of carbonyl (C=O) groups is 3. The molecule has 2 amide bonds. The molecule has 0 radical (unpaired) electrons. The van der Waals surface area contributed by atoms with Gasteiger partial charge in [0.1, 0.15) is 13.2 Å². The minimum absolute atomic E-state index is 0.116. The summed E-state index contributed by atoms with van der Waals surface area (Å²) < 4.78 is 21.0. The molecule has 10 heteroatoms. The van der Waals surface area contributed by atoms with Crippen LogP contribution in [-0.2, 0) is 33.3 Å². The molecule has 0 rings (SSSR count). The van der Waals surface area contributed by atoms with Crippen molar-refractivity contribution in [2.75, 3.05) is 66.4 Å². The molecule has 0 fully saturated rings. The summed E-state index contributed by atoms with van der Waals surface area (Å²) in [7, 11) is 1.55. The Bertz CT molecular complexity index is 773. The number of hydrogen-bond donors (Lipinski definition) is 3. The number of Topliss-reactive ketones (excluding diaryl/α,β-unsaturated/α-hetero) is 1. The van der Waals surface area contributed by atoms with Crippen LogP contribution in [0.3, 0.4) is 0 Å². The van der Waals surface area contributed by atoms with E-state index in [1.165, 1.54) is 0 Å². The Hall–Kier alpha value is -2.73. The quantitative estimate of drug-likeness (QED) is 0.0960. The van der Waals surface area contributed by atoms with Gasteiger partial charge in [-0.2, -0.15) is 0 Å². The van der Waals surface area contributed by atoms with Crippen molar-refractivity contribution in [3.05, 3.63) is 12.2 Å². The Labute approximate surface area is 221 Å². The third-order valence-corrected chi connectivity index (χ3v) is 5.45. The zero-order chi connectivity index (χ0) is 27.8. The minimum Gasteiger partial charge on any atom is -0.379 e. The van der Waals surface area contributed by atoms with E-state index < -0.39 is 5.54 Å². The molecule has 0 aliphatic heterocycles. The topological polar surface area (TPSA) is 138 Å². The van der Waals surface area contributed by atoms with Crippen molar-refractivity contribution in [1.29, 1.82) is 0 Å². The van der Waals surface area contributed by atoms with Crippen molar-refractivity contribution < 1.29 is 33.3 Å². The SMILES string of the molecule is C#CCOCCOCCNC(=O)CCC(N)(CCC(=O)NC)CCC(=O)C(=C)CCOCCOCC#C. The second-order valence-corrected chi connectivity index (χ2v) is 8.40. The molecule has 10 nitrogen and oxygen atoms in total. The van der Waals surface area contributed by atoms with Gasteiger partial charge in [-0.3, -0.25) is 14.4 Å². The van der Waals surface area contributed by atoms with Gasteiger partial charge in [0, 0.05) is 38.4 Å². The van der Waals surface area contributed by atoms with Gasteiger partial charge in [-0.05, 0) is 31.3 Å². The number of ether oxygens (including phenoxy) is 4. The van der Waals surface area contributed by atoms with E-state index in [0.29, 0.717) is 77.4 Å². The van der Waals surface area contributed by atoms with E-state index in [-0.39, 0.29) is 50.1 Å². The Balaban J connectivity index is 4.45. The van der Waals surface area contributed by atoms with Crippen molar-refractivity contribution in [3.8, 4) is 24.7 Å². The predicted molar refractivity (Wildman–Crippen MR) is 141 cm³/mol. The lowest BCUT2D eigenvalue weighted by atomic mass is 9.83. The Morgan fingerprint density at radius 1 is 0.784 bits per heavy atom. The van der Waals surface area contributed by atoms with E-state index in [2.05, 4.69) is 29.1 Å². The molecule has 1 unspecified atom stereocenters. The number of nitrogens with two attached hydrogens (primary N) is 1. The minimum atomic E-state index is -0.852. The highest BCUT2D eigenvalue weighted by Crippen LogP contribution is 2.24. The van der Waals surface area contributed by atoms with Crippen LogP contribution in [0.25, 0.3) is 0 Å². The number of terminal acetylenes is 2. The molecule has 0 heterocycles. The highest BCUT2D eigenvalue weighted by Gasteiger charge is 2.27. The van der Waals surface area contributed by atoms with Crippen LogP contribution in [0.5, 0.6) is 0 Å². The molecule has 0 bridgehead atoms. The van der Waals surface area contributed by atoms with Gasteiger partial charge in [-0.1, -0.05) is 18.4 Å². The normalized spacial score (nSPS) is 12.1. The third kappa shape index (κ3) is 20.1. The molecule has 37 heavy (non-hydrogen) atoms. The van der Waals surface area contributed by atoms with E-state index in [9.17, 15) is 14.4 Å². The molecular formula is C27H43N3O7. The standard InChI is InChI=1S/C27H43N3O7/c1-5-15-34-19-21-36-17-10-23(3)24(31)7-11-27(28,12-8-25(32)29-4)13-9-26(33)30-14-18-37-22-20-35-16-6-2/h1-2H,3,7-22,28H2,4H3,(H,29,32)(H,30,33). The fourth-order valence-corrected chi connectivity index (χ4v) is 3.15. The predicted octanol–water partition coefficient (Wildman–Crippen LogP) is 0.735. The number of nitrogens with one attached hydrogen (secondary N) is 2. The zero-order valence-corrected chi connectivity index (χ0v) is 22.1. The maximum atomic E-state index is 12.6. The molecule has 0 aliphatic carbocycles. The first-order valence-corrected chi connectivity index (χ1v) is 12.4. The largest absolute Gasteiger partial charge is 0.379 e. The van der Waals surface area contributed by atoms with E-state index in [1.807, 2.05) is 0 Å². The average Bonchev–Trinajstić information content (AvgIpc) is 2.90. The molecule has 208 valence electrons. The van der Waals surface area contributed by atoms with Crippen LogP contribution in [0.4, 0.5) is 0 Å². The lowest BCUT2D eigenvalue weighted by molar-refractivity contribution is -0.121. The van der Waals surface area contributed by atoms with Gasteiger partial charge >= 0.3 is 0 Å². The molecule has 0 spiro atoms. The summed E-state index contributed by atoms with van der Waals surface area (Å²) in [6, 6.07) is 0. The summed E-state index contributed by atoms with van der Waals surface area (Å²) in [4.78, 5) is 36.6. The van der Waals surface area contributed by atoms with Crippen molar-refractivity contribution >= 4 is 17.6 Å². The lowest BCUT2D eigenvalue weighted by Gasteiger charge is -2.29. The van der Waals surface area contributed by atoms with Gasteiger partial charge < -0.3 is 35.3 Å². The Morgan fingerprint density at radius 3 is 1.86 bits per heavy atom. The first-order valence-electron chi connectivity index (χ1n) is 12.4. The van der Waals surface area contributed by atoms with Gasteiger partial charge in [0.2, 0.25) is 11.8 Å². The van der Waals surface area contributed by atoms with Crippen LogP contribution in [0.1, 0.15) is 44.9 Å². The fourth-order valence-electron chi connectivity index (χ4n) is 3.15. The van der Waals surface area contributed by atoms with Crippen LogP contribution in [0.15, 0.2) is 12.2 Å². The summed E-state index contributed by atoms with van der Waals surface area (Å²) in [5.74, 6) is 4.28. The van der Waals surface area contributed by atoms with Gasteiger partial charge in [-0.25, -0.2) is 0 Å². The number of hydrogen-bond acceptors (Lipinski definition) is 8. The molecule has 0 aromatic heterocycles. The van der Waals surface area contributed by atoms with Crippen LogP contribution >= 0.6 is 0 Å². The van der Waals surface area contributed by atoms with Gasteiger partial charge in [0.05, 0.1) is 39.6 Å². The van der Waals surface area contributed by atoms with Crippen LogP contribution in [-0.4, -0.2) is 89.6 Å². The second kappa shape index (κ2) is 22.5. The highest BCUT2D eigenvalue weighted by molar-refractivity contribution is 5.94. The van der Waals surface area contributed by atoms with E-state index in [4.69, 9.17) is 37.5 Å². The maximum Gasteiger partial charge on any atom is 0.220 e. The van der Waals surface area contributed by atoms with Gasteiger partial charge in [0.15, 0.2) is 5.78 Å². The molecule has 0 aromatic carbocycles. The smallest absolute Gasteiger partial charge is 0.220 e. The van der Waals surface area contributed by atoms with Gasteiger partial charge in [0.25, 0.3) is 0 Å². The highest BCUT2D eigenvalue weighted by atomic mass is 16.5. The molecule has 0 aliphatic rings. The number of carbonyl (C=O) groups excluding carboxylic acids is 3. The summed E-state index contributed by atoms with van der Waals surface area (Å²) in [6.45, 7) is 6.88. The van der Waals surface area contributed by atoms with E-state index >= 15 is 0 Å². The molecule has 1 atom stereocenters. The number of amides is 2. The summed E-state index contributed by atoms with van der Waals surface area (Å²) in [5, 5.41) is 5.34. The molecule has 0 aromatic rings. The average molecular weight is 522 g/mol. The summed E-state index contributed by atoms with van der Waals surface area (Å²) in [5.41, 5.74) is 6.16. The second-order valence-electron chi connectivity index (χ2n) is 8.40. The summed E-state index contributed by atoms with van der Waals surface area (Å²) in [6.07, 6.45) is 12.1. The van der Waals surface area contributed by atoms with Crippen molar-refractivity contribution in [1.82, 2.24) is 10.6 Å². The van der Waals surface area contributed by atoms with E-state index in [1.54, 1.807) is 7.05 Å². The van der Waals surface area contributed by atoms with Crippen molar-refractivity contribution in [3.63, 3.8) is 0 Å². The maximum absolute atomic E-state index is 12.6. The van der Waals surface area contributed by atoms with Crippen LogP contribution < -0.4 is 16.4 Å². The van der Waals surface area contributed by atoms with Gasteiger partial charge in [-0.15, -0.1) is 12.8 Å². The molecule has 4 N–H and O–H groups in total. The molecular weight excluding hydrogens is 478 g/mol. The third-order valence-electron chi connectivity index (χ3n) is 5.45. The number of ketones is 1. The lowest BCUT2D eigenvalue weighted by Crippen LogP contribution is -2.43. The Kier molecular flexibility index (Phi) is 20.8. The number of rotatable bonds is 24. The monoisotopic (exact) mass is 521 g/mol. The van der Waals surface area contributed by atoms with E-state index in [0.717, 1.165) is 0 Å². The Morgan fingerprint density at radius 2 is 1.30 bits per heavy atom. The first-order chi connectivity index (χ1) is 17.8. The fraction of sp³-hybridized carbons (Fsp3) is 0.667.